The molecule has 0 aromatic heterocycles. The van der Waals surface area contributed by atoms with Gasteiger partial charge in [0.05, 0.1) is 12.6 Å². The molecule has 9 heteroatoms. The number of likely N-dealkylation sites (tertiary alicyclic amines) is 1. The fourth-order valence-corrected chi connectivity index (χ4v) is 5.85. The van der Waals surface area contributed by atoms with E-state index in [1.54, 1.807) is 0 Å². The lowest BCUT2D eigenvalue weighted by Crippen LogP contribution is -2.47. The van der Waals surface area contributed by atoms with Crippen molar-refractivity contribution in [3.63, 3.8) is 0 Å². The summed E-state index contributed by atoms with van der Waals surface area (Å²) in [6, 6.07) is -0.894. The Kier molecular flexibility index (Phi) is 9.66. The van der Waals surface area contributed by atoms with Gasteiger partial charge >= 0.3 is 0 Å². The molecule has 2 N–H and O–H groups in total. The van der Waals surface area contributed by atoms with Crippen molar-refractivity contribution >= 4 is 5.78 Å². The molecular weight excluding hydrogens is 402 g/mol. The van der Waals surface area contributed by atoms with E-state index in [9.17, 15) is 20.4 Å². The molecular formula is C22H39N3O6-2. The van der Waals surface area contributed by atoms with Gasteiger partial charge < -0.3 is 25.6 Å². The van der Waals surface area contributed by atoms with E-state index in [1.165, 1.54) is 6.42 Å². The summed E-state index contributed by atoms with van der Waals surface area (Å²) in [7, 11) is 0. The van der Waals surface area contributed by atoms with E-state index in [1.807, 2.05) is 6.92 Å². The number of carbonyl (C=O) groups excluding carboxylic acids is 1. The monoisotopic (exact) mass is 441 g/mol. The second-order valence-corrected chi connectivity index (χ2v) is 9.77. The highest BCUT2D eigenvalue weighted by molar-refractivity contribution is 5.83. The maximum absolute atomic E-state index is 12.8. The van der Waals surface area contributed by atoms with Crippen LogP contribution in [0.3, 0.4) is 0 Å². The van der Waals surface area contributed by atoms with Crippen LogP contribution in [0.15, 0.2) is 0 Å². The third-order valence-corrected chi connectivity index (χ3v) is 7.76. The molecule has 3 atom stereocenters. The summed E-state index contributed by atoms with van der Waals surface area (Å²) in [6.45, 7) is 4.62. The molecule has 3 unspecified atom stereocenters. The summed E-state index contributed by atoms with van der Waals surface area (Å²) < 4.78 is 5.57. The first kappa shape index (κ1) is 25.0. The number of hydrogen-bond donors (Lipinski definition) is 2. The molecule has 1 heterocycles. The lowest BCUT2D eigenvalue weighted by Gasteiger charge is -2.42. The number of ether oxygens (including phenoxy) is 1. The molecule has 0 aromatic carbocycles. The molecule has 2 aliphatic carbocycles. The minimum absolute atomic E-state index is 0.0200. The number of ketones is 1. The molecule has 1 aliphatic heterocycles. The maximum atomic E-state index is 12.8. The lowest BCUT2D eigenvalue weighted by atomic mass is 9.78. The van der Waals surface area contributed by atoms with Crippen LogP contribution in [0.2, 0.25) is 0 Å². The van der Waals surface area contributed by atoms with Gasteiger partial charge in [-0.2, -0.15) is 0 Å². The molecule has 31 heavy (non-hydrogen) atoms. The molecule has 0 bridgehead atoms. The average molecular weight is 442 g/mol. The molecule has 0 radical (unpaired) electrons. The van der Waals surface area contributed by atoms with Crippen molar-refractivity contribution in [2.75, 3.05) is 26.2 Å². The maximum Gasteiger partial charge on any atom is 0.149 e. The Hall–Kier alpha value is -0.650. The number of piperidine rings is 1. The van der Waals surface area contributed by atoms with Crippen molar-refractivity contribution in [1.82, 2.24) is 15.4 Å². The quantitative estimate of drug-likeness (QED) is 0.519. The average Bonchev–Trinajstić information content (AvgIpc) is 2.75. The number of hydrogen-bond acceptors (Lipinski definition) is 9. The highest BCUT2D eigenvalue weighted by Crippen LogP contribution is 2.35. The Balaban J connectivity index is 1.37. The smallest absolute Gasteiger partial charge is 0.149 e. The minimum atomic E-state index is -0.664. The number of carbonyl (C=O) groups is 1. The van der Waals surface area contributed by atoms with Crippen LogP contribution in [0.4, 0.5) is 0 Å². The standard InChI is InChI=1S/C22H39N3O6/c1-2-31-22-8-5-18(14-20(22)25(29)30)21(26)15-23-11-9-17(10-12-23)13-16-3-6-19(7-4-16)24(27)28/h16-20,22,27,29H,2-15H2,1H3/q-2. The first-order valence-corrected chi connectivity index (χ1v) is 12.0. The second kappa shape index (κ2) is 12.0. The second-order valence-electron chi connectivity index (χ2n) is 9.77. The van der Waals surface area contributed by atoms with Crippen molar-refractivity contribution in [3.8, 4) is 0 Å². The van der Waals surface area contributed by atoms with Gasteiger partial charge in [-0.1, -0.05) is 0 Å². The summed E-state index contributed by atoms with van der Waals surface area (Å²) in [4.78, 5) is 15.1. The summed E-state index contributed by atoms with van der Waals surface area (Å²) in [5.74, 6) is 1.29. The molecule has 3 rings (SSSR count). The van der Waals surface area contributed by atoms with Gasteiger partial charge in [0, 0.05) is 24.6 Å². The van der Waals surface area contributed by atoms with Crippen molar-refractivity contribution in [2.45, 2.75) is 89.3 Å². The molecule has 3 aliphatic rings. The Bertz CT molecular complexity index is 547. The molecule has 0 amide bonds. The topological polar surface area (TPSA) is 123 Å². The minimum Gasteiger partial charge on any atom is -0.762 e. The molecule has 0 spiro atoms. The third-order valence-electron chi connectivity index (χ3n) is 7.76. The van der Waals surface area contributed by atoms with Crippen LogP contribution in [0.1, 0.15) is 71.1 Å². The first-order chi connectivity index (χ1) is 14.9. The van der Waals surface area contributed by atoms with Gasteiger partial charge in [-0.25, -0.2) is 0 Å². The predicted molar refractivity (Wildman–Crippen MR) is 115 cm³/mol. The Morgan fingerprint density at radius 3 is 2.19 bits per heavy atom. The van der Waals surface area contributed by atoms with Gasteiger partial charge in [-0.3, -0.25) is 20.1 Å². The van der Waals surface area contributed by atoms with E-state index >= 15 is 0 Å². The summed E-state index contributed by atoms with van der Waals surface area (Å²) in [5, 5.41) is 41.2. The number of hydroxylamine groups is 4. The number of nitrogens with zero attached hydrogens (tertiary/aromatic N) is 3. The zero-order valence-electron chi connectivity index (χ0n) is 18.7. The van der Waals surface area contributed by atoms with E-state index in [-0.39, 0.29) is 34.3 Å². The third kappa shape index (κ3) is 7.17. The number of Topliss-reactive ketones (excluding diaryl/α,β-unsaturated/α-hetero) is 1. The van der Waals surface area contributed by atoms with Crippen LogP contribution in [0, 0.1) is 28.2 Å². The van der Waals surface area contributed by atoms with Crippen molar-refractivity contribution in [1.29, 1.82) is 0 Å². The van der Waals surface area contributed by atoms with Gasteiger partial charge in [-0.05, 0) is 96.1 Å². The van der Waals surface area contributed by atoms with E-state index in [0.29, 0.717) is 44.2 Å². The summed E-state index contributed by atoms with van der Waals surface area (Å²) in [6.07, 6.45) is 8.31. The first-order valence-electron chi connectivity index (χ1n) is 12.0. The largest absolute Gasteiger partial charge is 0.762 e. The Labute approximate surface area is 185 Å². The van der Waals surface area contributed by atoms with Crippen LogP contribution in [-0.2, 0) is 9.53 Å². The van der Waals surface area contributed by atoms with Crippen LogP contribution in [-0.4, -0.2) is 76.0 Å². The molecule has 9 nitrogen and oxygen atoms in total. The van der Waals surface area contributed by atoms with Crippen molar-refractivity contribution in [2.24, 2.45) is 17.8 Å². The molecule has 1 saturated heterocycles. The summed E-state index contributed by atoms with van der Waals surface area (Å²) >= 11 is 0. The highest BCUT2D eigenvalue weighted by atomic mass is 16.8. The van der Waals surface area contributed by atoms with Gasteiger partial charge in [0.2, 0.25) is 0 Å². The fourth-order valence-electron chi connectivity index (χ4n) is 5.85. The van der Waals surface area contributed by atoms with Crippen LogP contribution in [0.5, 0.6) is 0 Å². The Morgan fingerprint density at radius 1 is 0.968 bits per heavy atom. The summed E-state index contributed by atoms with van der Waals surface area (Å²) in [5.41, 5.74) is 0. The van der Waals surface area contributed by atoms with Gasteiger partial charge in [-0.15, -0.1) is 0 Å². The highest BCUT2D eigenvalue weighted by Gasteiger charge is 2.36. The van der Waals surface area contributed by atoms with Gasteiger partial charge in [0.15, 0.2) is 0 Å². The zero-order valence-corrected chi connectivity index (χ0v) is 18.7. The number of rotatable bonds is 9. The van der Waals surface area contributed by atoms with Crippen LogP contribution in [0.25, 0.3) is 0 Å². The Morgan fingerprint density at radius 2 is 1.61 bits per heavy atom. The van der Waals surface area contributed by atoms with Crippen LogP contribution < -0.4 is 0 Å². The fraction of sp³-hybridized carbons (Fsp3) is 0.955. The van der Waals surface area contributed by atoms with Crippen LogP contribution >= 0.6 is 0 Å². The molecule has 2 saturated carbocycles. The van der Waals surface area contributed by atoms with Gasteiger partial charge in [0.1, 0.15) is 5.78 Å². The predicted octanol–water partition coefficient (Wildman–Crippen LogP) is 3.17. The normalized spacial score (nSPS) is 33.8. The van der Waals surface area contributed by atoms with Crippen molar-refractivity contribution in [3.05, 3.63) is 10.4 Å². The van der Waals surface area contributed by atoms with E-state index in [2.05, 4.69) is 4.90 Å². The van der Waals surface area contributed by atoms with E-state index < -0.39 is 6.04 Å². The molecule has 0 aromatic rings. The van der Waals surface area contributed by atoms with Gasteiger partial charge in [0.25, 0.3) is 0 Å². The van der Waals surface area contributed by atoms with E-state index in [4.69, 9.17) is 9.94 Å². The lowest BCUT2D eigenvalue weighted by molar-refractivity contribution is -0.152. The SMILES string of the molecule is CCOC1CCC(C(=O)CN2CCC(CC3CCC(N([O-])O)CC3)CC2)CC1N([O-])O. The molecule has 3 fully saturated rings. The van der Waals surface area contributed by atoms with E-state index in [0.717, 1.165) is 51.6 Å². The van der Waals surface area contributed by atoms with Crippen molar-refractivity contribution < 1.29 is 19.9 Å². The zero-order chi connectivity index (χ0) is 22.4. The molecule has 180 valence electrons.